The van der Waals surface area contributed by atoms with Crippen molar-refractivity contribution in [2.24, 2.45) is 0 Å². The van der Waals surface area contributed by atoms with Gasteiger partial charge in [-0.1, -0.05) is 15.6 Å². The molecule has 1 saturated heterocycles. The summed E-state index contributed by atoms with van der Waals surface area (Å²) in [6, 6.07) is 5.00. The number of anilines is 3. The molecule has 180 valence electrons. The standard InChI is InChI=1S/C18H29B10F2N7/c19-14(20)15(21,22)17(25,26)37(18(27,28)16(14,23)24)10-4-8(12(29)30)3-9(5-10)34-13-33-7-36(35-13)11-6-31-1-2-32-11/h1-7,12H,19-28H2,(H,34,35). The second kappa shape index (κ2) is 8.80. The molecule has 4 rings (SSSR count). The number of rotatable bonds is 5. The second-order valence-electron chi connectivity index (χ2n) is 12.6. The largest absolute Gasteiger partial charge is 0.394 e. The topological polar surface area (TPSA) is 71.8 Å². The van der Waals surface area contributed by atoms with Crippen molar-refractivity contribution in [3.63, 3.8) is 0 Å². The molecule has 37 heavy (non-hydrogen) atoms. The van der Waals surface area contributed by atoms with Crippen LogP contribution in [0.25, 0.3) is 5.82 Å². The molecule has 0 saturated carbocycles. The average Bonchev–Trinajstić information content (AvgIpc) is 3.26. The van der Waals surface area contributed by atoms with E-state index in [1.54, 1.807) is 24.7 Å². The Labute approximate surface area is 226 Å². The summed E-state index contributed by atoms with van der Waals surface area (Å²) in [4.78, 5) is 14.9. The number of halogens is 2. The average molecular weight is 490 g/mol. The van der Waals surface area contributed by atoms with E-state index < -0.39 is 6.43 Å². The summed E-state index contributed by atoms with van der Waals surface area (Å²) in [7, 11) is 22.7. The van der Waals surface area contributed by atoms with Crippen molar-refractivity contribution < 1.29 is 8.78 Å². The molecule has 7 nitrogen and oxygen atoms in total. The number of hydrogen-bond acceptors (Lipinski definition) is 6. The Kier molecular flexibility index (Phi) is 6.56. The molecule has 0 spiro atoms. The number of aromatic nitrogens is 5. The molecule has 1 N–H and O–H groups in total. The SMILES string of the molecule is BC1(B)N(c2cc(Nc3ncn(-c4cnccn4)n3)cc(C(F)F)c2)C(B)(B)C(B)(B)C(B)(B)C1(B)B. The highest BCUT2D eigenvalue weighted by Crippen LogP contribution is 2.69. The van der Waals surface area contributed by atoms with E-state index in [0.717, 1.165) is 5.69 Å². The lowest BCUT2D eigenvalue weighted by Crippen LogP contribution is -2.81. The first-order valence-corrected chi connectivity index (χ1v) is 12.6. The van der Waals surface area contributed by atoms with Gasteiger partial charge in [0, 0.05) is 29.3 Å². The number of nitrogens with one attached hydrogen (secondary N) is 1. The van der Waals surface area contributed by atoms with Crippen molar-refractivity contribution >= 4 is 95.8 Å². The summed E-state index contributed by atoms with van der Waals surface area (Å²) in [6.45, 7) is 0. The van der Waals surface area contributed by atoms with Crippen LogP contribution < -0.4 is 10.2 Å². The van der Waals surface area contributed by atoms with Crippen LogP contribution in [0, 0.1) is 0 Å². The molecule has 1 fully saturated rings. The molecule has 3 aromatic rings. The Bertz CT molecular complexity index is 1270. The van der Waals surface area contributed by atoms with Gasteiger partial charge in [0.05, 0.1) is 53.3 Å². The van der Waals surface area contributed by atoms with Crippen LogP contribution in [0.5, 0.6) is 0 Å². The highest BCUT2D eigenvalue weighted by atomic mass is 19.3. The summed E-state index contributed by atoms with van der Waals surface area (Å²) >= 11 is 0. The van der Waals surface area contributed by atoms with Crippen LogP contribution in [-0.2, 0) is 0 Å². The van der Waals surface area contributed by atoms with Crippen LogP contribution in [0.1, 0.15) is 12.0 Å². The van der Waals surface area contributed by atoms with Crippen LogP contribution in [0.3, 0.4) is 0 Å². The zero-order chi connectivity index (χ0) is 27.6. The molecule has 2 aromatic heterocycles. The Hall–Kier alpha value is -2.45. The fourth-order valence-electron chi connectivity index (χ4n) is 6.15. The fraction of sp³-hybridized carbons (Fsp3) is 0.333. The molecule has 1 aliphatic heterocycles. The van der Waals surface area contributed by atoms with Gasteiger partial charge in [-0.05, 0) is 28.9 Å². The molecule has 3 heterocycles. The molecule has 1 aromatic carbocycles. The maximum Gasteiger partial charge on any atom is 0.263 e. The summed E-state index contributed by atoms with van der Waals surface area (Å²) in [5, 5.41) is 6.43. The normalized spacial score (nSPS) is 20.9. The van der Waals surface area contributed by atoms with Gasteiger partial charge in [0.2, 0.25) is 5.95 Å². The van der Waals surface area contributed by atoms with Gasteiger partial charge in [-0.2, -0.15) is 9.67 Å². The van der Waals surface area contributed by atoms with E-state index in [2.05, 4.69) is 109 Å². The molecular formula is C18H29B10F2N7. The molecule has 0 unspecified atom stereocenters. The van der Waals surface area contributed by atoms with Crippen LogP contribution in [-0.4, -0.2) is 114 Å². The minimum absolute atomic E-state index is 0.0536. The number of piperidine rings is 1. The lowest BCUT2D eigenvalue weighted by molar-refractivity contribution is 0.151. The van der Waals surface area contributed by atoms with Gasteiger partial charge in [-0.3, -0.25) is 4.98 Å². The molecule has 1 aliphatic rings. The van der Waals surface area contributed by atoms with E-state index in [0.29, 0.717) is 11.5 Å². The first kappa shape index (κ1) is 27.6. The third kappa shape index (κ3) is 4.07. The molecule has 0 bridgehead atoms. The van der Waals surface area contributed by atoms with Crippen molar-refractivity contribution in [1.29, 1.82) is 0 Å². The minimum Gasteiger partial charge on any atom is -0.394 e. The summed E-state index contributed by atoms with van der Waals surface area (Å²) in [6.07, 6.45) is 3.59. The second-order valence-corrected chi connectivity index (χ2v) is 12.6. The van der Waals surface area contributed by atoms with Gasteiger partial charge in [0.15, 0.2) is 5.82 Å². The summed E-state index contributed by atoms with van der Waals surface area (Å²) < 4.78 is 29.8. The first-order chi connectivity index (χ1) is 16.9. The molecule has 0 aliphatic carbocycles. The van der Waals surface area contributed by atoms with Gasteiger partial charge >= 0.3 is 0 Å². The maximum absolute atomic E-state index is 14.2. The molecular weight excluding hydrogens is 460 g/mol. The van der Waals surface area contributed by atoms with E-state index in [1.807, 2.05) is 6.07 Å². The van der Waals surface area contributed by atoms with Gasteiger partial charge < -0.3 is 10.2 Å². The van der Waals surface area contributed by atoms with Crippen LogP contribution in [0.4, 0.5) is 26.1 Å². The van der Waals surface area contributed by atoms with E-state index >= 15 is 0 Å². The van der Waals surface area contributed by atoms with Gasteiger partial charge in [-0.25, -0.2) is 13.8 Å². The van der Waals surface area contributed by atoms with E-state index in [9.17, 15) is 8.78 Å². The monoisotopic (exact) mass is 491 g/mol. The summed E-state index contributed by atoms with van der Waals surface area (Å²) in [5.41, 5.74) is 1.18. The molecule has 0 atom stereocenters. The highest BCUT2D eigenvalue weighted by Gasteiger charge is 2.65. The van der Waals surface area contributed by atoms with E-state index in [1.165, 1.54) is 17.1 Å². The first-order valence-electron chi connectivity index (χ1n) is 12.6. The van der Waals surface area contributed by atoms with E-state index in [4.69, 9.17) is 0 Å². The number of benzene rings is 1. The van der Waals surface area contributed by atoms with Crippen molar-refractivity contribution in [3.8, 4) is 5.82 Å². The quantitative estimate of drug-likeness (QED) is 0.360. The molecule has 0 amide bonds. The molecule has 0 radical (unpaired) electrons. The van der Waals surface area contributed by atoms with Crippen molar-refractivity contribution in [1.82, 2.24) is 24.7 Å². The minimum atomic E-state index is -2.63. The Morgan fingerprint density at radius 3 is 1.95 bits per heavy atom. The number of nitrogens with zero attached hydrogens (tertiary/aromatic N) is 6. The van der Waals surface area contributed by atoms with Gasteiger partial charge in [-0.15, -0.1) is 5.10 Å². The Balaban J connectivity index is 1.82. The maximum atomic E-state index is 14.2. The lowest BCUT2D eigenvalue weighted by Gasteiger charge is -2.77. The van der Waals surface area contributed by atoms with Crippen molar-refractivity contribution in [2.75, 3.05) is 10.2 Å². The predicted molar refractivity (Wildman–Crippen MR) is 173 cm³/mol. The predicted octanol–water partition coefficient (Wildman–Crippen LogP) is -6.45. The molecule has 19 heteroatoms. The van der Waals surface area contributed by atoms with Crippen LogP contribution >= 0.6 is 0 Å². The zero-order valence-electron chi connectivity index (χ0n) is 23.6. The third-order valence-electron chi connectivity index (χ3n) is 10.3. The summed E-state index contributed by atoms with van der Waals surface area (Å²) in [5.74, 6) is 0.788. The van der Waals surface area contributed by atoms with Crippen molar-refractivity contribution in [3.05, 3.63) is 48.7 Å². The van der Waals surface area contributed by atoms with Crippen LogP contribution in [0.2, 0.25) is 15.6 Å². The van der Waals surface area contributed by atoms with Crippen molar-refractivity contribution in [2.45, 2.75) is 32.7 Å². The zero-order valence-corrected chi connectivity index (χ0v) is 23.6. The number of alkyl halides is 2. The lowest BCUT2D eigenvalue weighted by atomic mass is 9.05. The van der Waals surface area contributed by atoms with Gasteiger partial charge in [0.25, 0.3) is 6.43 Å². The highest BCUT2D eigenvalue weighted by molar-refractivity contribution is 6.71. The smallest absolute Gasteiger partial charge is 0.263 e. The Morgan fingerprint density at radius 2 is 1.41 bits per heavy atom. The fourth-order valence-corrected chi connectivity index (χ4v) is 6.15. The number of hydrogen-bond donors (Lipinski definition) is 1. The Morgan fingerprint density at radius 1 is 0.784 bits per heavy atom. The third-order valence-corrected chi connectivity index (χ3v) is 10.3. The van der Waals surface area contributed by atoms with Gasteiger partial charge in [0.1, 0.15) is 37.7 Å². The van der Waals surface area contributed by atoms with E-state index in [-0.39, 0.29) is 37.8 Å². The van der Waals surface area contributed by atoms with Crippen LogP contribution in [0.15, 0.2) is 43.1 Å².